The normalized spacial score (nSPS) is 10.7. The molecular formula is C14H13N3O3. The third-order valence-corrected chi connectivity index (χ3v) is 3.00. The molecule has 0 fully saturated rings. The fourth-order valence-electron chi connectivity index (χ4n) is 2.02. The number of amides is 1. The van der Waals surface area contributed by atoms with E-state index in [1.807, 2.05) is 12.1 Å². The first-order valence-corrected chi connectivity index (χ1v) is 6.09. The van der Waals surface area contributed by atoms with Crippen molar-refractivity contribution in [3.8, 4) is 5.75 Å². The number of hydrogen-bond acceptors (Lipinski definition) is 4. The lowest BCUT2D eigenvalue weighted by molar-refractivity contribution is -0.115. The number of aromatic nitrogens is 2. The highest BCUT2D eigenvalue weighted by molar-refractivity contribution is 5.95. The topological polar surface area (TPSA) is 80.1 Å². The number of H-pyrrole nitrogens is 1. The number of carbonyl (C=O) groups is 1. The maximum absolute atomic E-state index is 11.9. The lowest BCUT2D eigenvalue weighted by Crippen LogP contribution is -2.13. The Bertz CT molecular complexity index is 731. The molecule has 0 radical (unpaired) electrons. The molecule has 20 heavy (non-hydrogen) atoms. The zero-order chi connectivity index (χ0) is 13.9. The second-order valence-electron chi connectivity index (χ2n) is 4.33. The average Bonchev–Trinajstić information content (AvgIpc) is 3.08. The predicted octanol–water partition coefficient (Wildman–Crippen LogP) is 2.35. The molecule has 0 aliphatic rings. The summed E-state index contributed by atoms with van der Waals surface area (Å²) < 4.78 is 10.6. The molecule has 0 spiro atoms. The Balaban J connectivity index is 1.79. The van der Waals surface area contributed by atoms with Gasteiger partial charge in [0.15, 0.2) is 0 Å². The number of hydrogen-bond donors (Lipinski definition) is 2. The number of aromatic amines is 1. The molecule has 6 nitrogen and oxygen atoms in total. The molecular weight excluding hydrogens is 258 g/mol. The van der Waals surface area contributed by atoms with E-state index in [1.54, 1.807) is 31.8 Å². The first-order valence-electron chi connectivity index (χ1n) is 6.09. The minimum Gasteiger partial charge on any atom is -0.497 e. The fraction of sp³-hybridized carbons (Fsp3) is 0.143. The summed E-state index contributed by atoms with van der Waals surface area (Å²) in [6, 6.07) is 5.53. The third kappa shape index (κ3) is 2.35. The Hall–Kier alpha value is -2.76. The van der Waals surface area contributed by atoms with Crippen LogP contribution in [0.25, 0.3) is 11.0 Å². The van der Waals surface area contributed by atoms with Gasteiger partial charge in [-0.1, -0.05) is 0 Å². The van der Waals surface area contributed by atoms with Crippen LogP contribution in [-0.4, -0.2) is 23.2 Å². The number of fused-ring (bicyclic) bond motifs is 1. The molecule has 2 aromatic heterocycles. The number of anilines is 1. The van der Waals surface area contributed by atoms with Crippen molar-refractivity contribution in [2.75, 3.05) is 12.4 Å². The van der Waals surface area contributed by atoms with Crippen LogP contribution >= 0.6 is 0 Å². The average molecular weight is 271 g/mol. The largest absolute Gasteiger partial charge is 0.497 e. The van der Waals surface area contributed by atoms with Gasteiger partial charge in [-0.05, 0) is 12.1 Å². The SMILES string of the molecule is COc1ccc2c(CC(=O)Nc3cn[nH]c3)coc2c1. The summed E-state index contributed by atoms with van der Waals surface area (Å²) in [4.78, 5) is 11.9. The van der Waals surface area contributed by atoms with Crippen LogP contribution in [0.3, 0.4) is 0 Å². The number of furan rings is 1. The number of methoxy groups -OCH3 is 1. The van der Waals surface area contributed by atoms with E-state index in [9.17, 15) is 4.79 Å². The van der Waals surface area contributed by atoms with Crippen molar-refractivity contribution in [1.82, 2.24) is 10.2 Å². The second-order valence-corrected chi connectivity index (χ2v) is 4.33. The maximum atomic E-state index is 11.9. The Morgan fingerprint density at radius 2 is 2.40 bits per heavy atom. The van der Waals surface area contributed by atoms with Gasteiger partial charge in [0.1, 0.15) is 11.3 Å². The van der Waals surface area contributed by atoms with Gasteiger partial charge in [-0.15, -0.1) is 0 Å². The van der Waals surface area contributed by atoms with Crippen LogP contribution in [0.15, 0.2) is 41.3 Å². The molecule has 0 saturated heterocycles. The minimum atomic E-state index is -0.120. The quantitative estimate of drug-likeness (QED) is 0.763. The van der Waals surface area contributed by atoms with E-state index in [-0.39, 0.29) is 12.3 Å². The zero-order valence-corrected chi connectivity index (χ0v) is 10.8. The second kappa shape index (κ2) is 5.08. The van der Waals surface area contributed by atoms with Gasteiger partial charge >= 0.3 is 0 Å². The van der Waals surface area contributed by atoms with Crippen molar-refractivity contribution < 1.29 is 13.9 Å². The van der Waals surface area contributed by atoms with Gasteiger partial charge in [-0.2, -0.15) is 5.10 Å². The Labute approximate surface area is 114 Å². The highest BCUT2D eigenvalue weighted by Crippen LogP contribution is 2.26. The van der Waals surface area contributed by atoms with Gasteiger partial charge < -0.3 is 14.5 Å². The number of nitrogens with one attached hydrogen (secondary N) is 2. The molecule has 0 aliphatic carbocycles. The number of ether oxygens (including phenoxy) is 1. The number of nitrogens with zero attached hydrogens (tertiary/aromatic N) is 1. The van der Waals surface area contributed by atoms with Gasteiger partial charge in [0.25, 0.3) is 0 Å². The predicted molar refractivity (Wildman–Crippen MR) is 73.7 cm³/mol. The first-order chi connectivity index (χ1) is 9.76. The van der Waals surface area contributed by atoms with E-state index in [4.69, 9.17) is 9.15 Å². The summed E-state index contributed by atoms with van der Waals surface area (Å²) in [7, 11) is 1.60. The standard InChI is InChI=1S/C14H13N3O3/c1-19-11-2-3-12-9(8-20-13(12)5-11)4-14(18)17-10-6-15-16-7-10/h2-3,5-8H,4H2,1H3,(H,15,16)(H,17,18). The summed E-state index contributed by atoms with van der Waals surface area (Å²) in [5, 5.41) is 10.1. The smallest absolute Gasteiger partial charge is 0.229 e. The van der Waals surface area contributed by atoms with Crippen molar-refractivity contribution in [3.63, 3.8) is 0 Å². The van der Waals surface area contributed by atoms with Crippen LogP contribution in [-0.2, 0) is 11.2 Å². The van der Waals surface area contributed by atoms with E-state index >= 15 is 0 Å². The summed E-state index contributed by atoms with van der Waals surface area (Å²) in [5.41, 5.74) is 2.18. The lowest BCUT2D eigenvalue weighted by atomic mass is 10.1. The molecule has 0 saturated carbocycles. The highest BCUT2D eigenvalue weighted by Gasteiger charge is 2.11. The maximum Gasteiger partial charge on any atom is 0.229 e. The van der Waals surface area contributed by atoms with Crippen molar-refractivity contribution in [2.45, 2.75) is 6.42 Å². The highest BCUT2D eigenvalue weighted by atomic mass is 16.5. The summed E-state index contributed by atoms with van der Waals surface area (Å²) in [6.45, 7) is 0. The van der Waals surface area contributed by atoms with Crippen molar-refractivity contribution in [2.24, 2.45) is 0 Å². The van der Waals surface area contributed by atoms with E-state index in [0.29, 0.717) is 11.3 Å². The van der Waals surface area contributed by atoms with Crippen molar-refractivity contribution in [1.29, 1.82) is 0 Å². The number of carbonyl (C=O) groups excluding carboxylic acids is 1. The van der Waals surface area contributed by atoms with Crippen LogP contribution in [0.2, 0.25) is 0 Å². The molecule has 2 heterocycles. The van der Waals surface area contributed by atoms with Gasteiger partial charge in [0.2, 0.25) is 5.91 Å². The summed E-state index contributed by atoms with van der Waals surface area (Å²) in [6.07, 6.45) is 5.01. The van der Waals surface area contributed by atoms with Crippen molar-refractivity contribution >= 4 is 22.6 Å². The van der Waals surface area contributed by atoms with Gasteiger partial charge in [-0.3, -0.25) is 9.89 Å². The molecule has 1 aromatic carbocycles. The van der Waals surface area contributed by atoms with Crippen molar-refractivity contribution in [3.05, 3.63) is 42.4 Å². The molecule has 3 aromatic rings. The number of rotatable bonds is 4. The Morgan fingerprint density at radius 1 is 1.50 bits per heavy atom. The van der Waals surface area contributed by atoms with Crippen LogP contribution in [0.1, 0.15) is 5.56 Å². The summed E-state index contributed by atoms with van der Waals surface area (Å²) in [5.74, 6) is 0.603. The van der Waals surface area contributed by atoms with Gasteiger partial charge in [-0.25, -0.2) is 0 Å². The molecule has 0 aliphatic heterocycles. The zero-order valence-electron chi connectivity index (χ0n) is 10.8. The van der Waals surface area contributed by atoms with E-state index in [1.165, 1.54) is 0 Å². The van der Waals surface area contributed by atoms with Gasteiger partial charge in [0.05, 0.1) is 31.7 Å². The Morgan fingerprint density at radius 3 is 3.15 bits per heavy atom. The lowest BCUT2D eigenvalue weighted by Gasteiger charge is -2.01. The molecule has 1 amide bonds. The monoisotopic (exact) mass is 271 g/mol. The van der Waals surface area contributed by atoms with Crippen LogP contribution < -0.4 is 10.1 Å². The molecule has 2 N–H and O–H groups in total. The summed E-state index contributed by atoms with van der Waals surface area (Å²) >= 11 is 0. The first kappa shape index (κ1) is 12.3. The molecule has 3 rings (SSSR count). The Kier molecular flexibility index (Phi) is 3.12. The van der Waals surface area contributed by atoms with Gasteiger partial charge in [0, 0.05) is 23.2 Å². The van der Waals surface area contributed by atoms with Crippen LogP contribution in [0.5, 0.6) is 5.75 Å². The van der Waals surface area contributed by atoms with Crippen LogP contribution in [0.4, 0.5) is 5.69 Å². The van der Waals surface area contributed by atoms with E-state index in [0.717, 1.165) is 16.7 Å². The minimum absolute atomic E-state index is 0.120. The molecule has 0 atom stereocenters. The molecule has 6 heteroatoms. The molecule has 0 bridgehead atoms. The molecule has 102 valence electrons. The third-order valence-electron chi connectivity index (χ3n) is 3.00. The fourth-order valence-corrected chi connectivity index (χ4v) is 2.02. The van der Waals surface area contributed by atoms with Crippen LogP contribution in [0, 0.1) is 0 Å². The number of benzene rings is 1. The molecule has 0 unspecified atom stereocenters. The van der Waals surface area contributed by atoms with E-state index in [2.05, 4.69) is 15.5 Å². The van der Waals surface area contributed by atoms with E-state index < -0.39 is 0 Å².